The predicted molar refractivity (Wildman–Crippen MR) is 88.4 cm³/mol. The Bertz CT molecular complexity index is 716. The summed E-state index contributed by atoms with van der Waals surface area (Å²) in [5.41, 5.74) is 1.61. The Labute approximate surface area is 140 Å². The third kappa shape index (κ3) is 3.44. The maximum atomic E-state index is 12.6. The molecule has 1 aromatic heterocycles. The van der Waals surface area contributed by atoms with Crippen LogP contribution in [0.1, 0.15) is 18.9 Å². The Hall–Kier alpha value is -2.73. The maximum absolute atomic E-state index is 12.6. The molecule has 1 aliphatic rings. The van der Waals surface area contributed by atoms with Crippen LogP contribution < -0.4 is 15.0 Å². The molecule has 6 heteroatoms. The molecule has 1 atom stereocenters. The summed E-state index contributed by atoms with van der Waals surface area (Å²) in [5, 5.41) is 1.89. The summed E-state index contributed by atoms with van der Waals surface area (Å²) in [7, 11) is 0. The fourth-order valence-corrected chi connectivity index (χ4v) is 2.77. The Morgan fingerprint density at radius 3 is 2.71 bits per heavy atom. The third-order valence-electron chi connectivity index (χ3n) is 3.95. The SMILES string of the molecule is CCOc1ccc(N2C(=O)CC([NH2+]Cc3cccnc3)C2=O)cc1. The van der Waals surface area contributed by atoms with Gasteiger partial charge in [0.25, 0.3) is 5.91 Å². The Morgan fingerprint density at radius 1 is 1.25 bits per heavy atom. The van der Waals surface area contributed by atoms with Crippen molar-refractivity contribution in [1.29, 1.82) is 0 Å². The van der Waals surface area contributed by atoms with Gasteiger partial charge in [-0.25, -0.2) is 4.90 Å². The molecule has 3 rings (SSSR count). The maximum Gasteiger partial charge on any atom is 0.292 e. The number of hydrogen-bond acceptors (Lipinski definition) is 4. The molecule has 1 aliphatic heterocycles. The van der Waals surface area contributed by atoms with Crippen LogP contribution in [0.15, 0.2) is 48.8 Å². The highest BCUT2D eigenvalue weighted by Crippen LogP contribution is 2.24. The third-order valence-corrected chi connectivity index (χ3v) is 3.95. The van der Waals surface area contributed by atoms with Gasteiger partial charge in [-0.05, 0) is 37.3 Å². The minimum absolute atomic E-state index is 0.170. The van der Waals surface area contributed by atoms with Gasteiger partial charge in [0, 0.05) is 18.0 Å². The molecule has 24 heavy (non-hydrogen) atoms. The molecule has 0 radical (unpaired) electrons. The van der Waals surface area contributed by atoms with E-state index >= 15 is 0 Å². The predicted octanol–water partition coefficient (Wildman–Crippen LogP) is 0.876. The number of amides is 2. The van der Waals surface area contributed by atoms with Crippen LogP contribution in [0.3, 0.4) is 0 Å². The van der Waals surface area contributed by atoms with Gasteiger partial charge in [0.05, 0.1) is 18.7 Å². The molecule has 2 amide bonds. The fourth-order valence-electron chi connectivity index (χ4n) is 2.77. The number of benzene rings is 1. The second kappa shape index (κ2) is 7.23. The summed E-state index contributed by atoms with van der Waals surface area (Å²) >= 11 is 0. The lowest BCUT2D eigenvalue weighted by atomic mass is 10.2. The lowest BCUT2D eigenvalue weighted by Gasteiger charge is -2.14. The average Bonchev–Trinajstić information content (AvgIpc) is 2.89. The van der Waals surface area contributed by atoms with Crippen molar-refractivity contribution in [1.82, 2.24) is 4.98 Å². The second-order valence-electron chi connectivity index (χ2n) is 5.61. The molecule has 1 unspecified atom stereocenters. The summed E-state index contributed by atoms with van der Waals surface area (Å²) in [6.45, 7) is 3.10. The number of nitrogens with zero attached hydrogens (tertiary/aromatic N) is 2. The van der Waals surface area contributed by atoms with E-state index in [1.165, 1.54) is 4.90 Å². The number of carbonyl (C=O) groups is 2. The number of imide groups is 1. The number of nitrogens with two attached hydrogens (primary N) is 1. The Balaban J connectivity index is 1.67. The molecule has 1 aromatic carbocycles. The Morgan fingerprint density at radius 2 is 2.04 bits per heavy atom. The molecular formula is C18H20N3O3+. The van der Waals surface area contributed by atoms with E-state index in [0.717, 1.165) is 11.3 Å². The van der Waals surface area contributed by atoms with Crippen LogP contribution in [0.5, 0.6) is 5.75 Å². The van der Waals surface area contributed by atoms with E-state index in [1.54, 1.807) is 36.7 Å². The average molecular weight is 326 g/mol. The van der Waals surface area contributed by atoms with Crippen molar-refractivity contribution in [3.05, 3.63) is 54.4 Å². The van der Waals surface area contributed by atoms with Gasteiger partial charge in [-0.3, -0.25) is 14.6 Å². The van der Waals surface area contributed by atoms with Crippen molar-refractivity contribution in [2.24, 2.45) is 0 Å². The summed E-state index contributed by atoms with van der Waals surface area (Å²) in [6, 6.07) is 10.4. The summed E-state index contributed by atoms with van der Waals surface area (Å²) in [4.78, 5) is 30.2. The number of pyridine rings is 1. The highest BCUT2D eigenvalue weighted by atomic mass is 16.5. The molecule has 1 fully saturated rings. The first-order chi connectivity index (χ1) is 11.7. The quantitative estimate of drug-likeness (QED) is 0.800. The van der Waals surface area contributed by atoms with Gasteiger partial charge in [0.15, 0.2) is 6.04 Å². The van der Waals surface area contributed by atoms with Crippen LogP contribution in [0.2, 0.25) is 0 Å². The minimum Gasteiger partial charge on any atom is -0.494 e. The summed E-state index contributed by atoms with van der Waals surface area (Å²) in [5.74, 6) is 0.379. The van der Waals surface area contributed by atoms with Gasteiger partial charge in [-0.2, -0.15) is 0 Å². The first kappa shape index (κ1) is 16.1. The summed E-state index contributed by atoms with van der Waals surface area (Å²) in [6.07, 6.45) is 3.69. The lowest BCUT2D eigenvalue weighted by molar-refractivity contribution is -0.690. The topological polar surface area (TPSA) is 76.1 Å². The van der Waals surface area contributed by atoms with E-state index in [-0.39, 0.29) is 24.3 Å². The molecule has 0 saturated carbocycles. The smallest absolute Gasteiger partial charge is 0.292 e. The van der Waals surface area contributed by atoms with Crippen LogP contribution in [0.4, 0.5) is 5.69 Å². The molecule has 2 aromatic rings. The normalized spacial score (nSPS) is 17.4. The molecule has 124 valence electrons. The molecule has 6 nitrogen and oxygen atoms in total. The molecule has 1 saturated heterocycles. The van der Waals surface area contributed by atoms with Gasteiger partial charge >= 0.3 is 0 Å². The van der Waals surface area contributed by atoms with Crippen molar-refractivity contribution in [3.8, 4) is 5.75 Å². The monoisotopic (exact) mass is 326 g/mol. The lowest BCUT2D eigenvalue weighted by Crippen LogP contribution is -2.90. The van der Waals surface area contributed by atoms with Crippen molar-refractivity contribution in [2.75, 3.05) is 11.5 Å². The van der Waals surface area contributed by atoms with E-state index in [0.29, 0.717) is 18.8 Å². The van der Waals surface area contributed by atoms with Crippen molar-refractivity contribution in [2.45, 2.75) is 25.9 Å². The van der Waals surface area contributed by atoms with Crippen LogP contribution in [-0.4, -0.2) is 29.4 Å². The first-order valence-corrected chi connectivity index (χ1v) is 8.01. The zero-order chi connectivity index (χ0) is 16.9. The van der Waals surface area contributed by atoms with Gasteiger partial charge in [-0.15, -0.1) is 0 Å². The zero-order valence-electron chi connectivity index (χ0n) is 13.5. The number of aromatic nitrogens is 1. The highest BCUT2D eigenvalue weighted by Gasteiger charge is 2.42. The van der Waals surface area contributed by atoms with Gasteiger partial charge in [0.2, 0.25) is 5.91 Å². The van der Waals surface area contributed by atoms with Gasteiger partial charge in [-0.1, -0.05) is 6.07 Å². The van der Waals surface area contributed by atoms with Crippen LogP contribution in [0, 0.1) is 0 Å². The summed E-state index contributed by atoms with van der Waals surface area (Å²) < 4.78 is 5.39. The number of quaternary nitrogens is 1. The first-order valence-electron chi connectivity index (χ1n) is 8.01. The van der Waals surface area contributed by atoms with Crippen molar-refractivity contribution >= 4 is 17.5 Å². The van der Waals surface area contributed by atoms with Crippen molar-refractivity contribution < 1.29 is 19.6 Å². The van der Waals surface area contributed by atoms with Crippen molar-refractivity contribution in [3.63, 3.8) is 0 Å². The van der Waals surface area contributed by atoms with E-state index in [1.807, 2.05) is 24.4 Å². The Kier molecular flexibility index (Phi) is 4.86. The minimum atomic E-state index is -0.385. The number of carbonyl (C=O) groups excluding carboxylic acids is 2. The van der Waals surface area contributed by atoms with E-state index in [9.17, 15) is 9.59 Å². The molecule has 2 heterocycles. The van der Waals surface area contributed by atoms with Gasteiger partial charge in [0.1, 0.15) is 12.3 Å². The van der Waals surface area contributed by atoms with Crippen LogP contribution >= 0.6 is 0 Å². The molecule has 2 N–H and O–H groups in total. The number of anilines is 1. The van der Waals surface area contributed by atoms with Gasteiger partial charge < -0.3 is 10.1 Å². The molecule has 0 aliphatic carbocycles. The molecule has 0 bridgehead atoms. The largest absolute Gasteiger partial charge is 0.494 e. The van der Waals surface area contributed by atoms with E-state index in [4.69, 9.17) is 4.74 Å². The highest BCUT2D eigenvalue weighted by molar-refractivity contribution is 6.21. The molecular weight excluding hydrogens is 306 g/mol. The fraction of sp³-hybridized carbons (Fsp3) is 0.278. The number of ether oxygens (including phenoxy) is 1. The van der Waals surface area contributed by atoms with Crippen LogP contribution in [0.25, 0.3) is 0 Å². The second-order valence-corrected chi connectivity index (χ2v) is 5.61. The van der Waals surface area contributed by atoms with E-state index < -0.39 is 0 Å². The number of rotatable bonds is 6. The van der Waals surface area contributed by atoms with E-state index in [2.05, 4.69) is 4.98 Å². The standard InChI is InChI=1S/C18H19N3O3/c1-2-24-15-7-5-14(6-8-15)21-17(22)10-16(18(21)23)20-12-13-4-3-9-19-11-13/h3-9,11,16,20H,2,10,12H2,1H3/p+1. The number of hydrogen-bond donors (Lipinski definition) is 1. The molecule has 0 spiro atoms. The van der Waals surface area contributed by atoms with Crippen LogP contribution in [-0.2, 0) is 16.1 Å². The zero-order valence-corrected chi connectivity index (χ0v) is 13.5.